The van der Waals surface area contributed by atoms with Gasteiger partial charge in [0.15, 0.2) is 17.4 Å². The third-order valence-electron chi connectivity index (χ3n) is 7.32. The number of carbonyl (C=O) groups is 1. The zero-order valence-corrected chi connectivity index (χ0v) is 27.3. The number of nitrogens with zero attached hydrogens (tertiary/aromatic N) is 4. The Morgan fingerprint density at radius 1 is 1.22 bits per heavy atom. The Morgan fingerprint density at radius 2 is 1.93 bits per heavy atom. The molecule has 0 radical (unpaired) electrons. The summed E-state index contributed by atoms with van der Waals surface area (Å²) in [5, 5.41) is 26.9. The molecule has 6 atom stereocenters. The van der Waals surface area contributed by atoms with Gasteiger partial charge in [-0.05, 0) is 42.2 Å². The first-order valence-electron chi connectivity index (χ1n) is 14.6. The molecule has 1 fully saturated rings. The Kier molecular flexibility index (Phi) is 9.28. The van der Waals surface area contributed by atoms with Crippen molar-refractivity contribution in [3.05, 3.63) is 48.8 Å². The van der Waals surface area contributed by atoms with Crippen LogP contribution in [-0.2, 0) is 23.4 Å². The maximum absolute atomic E-state index is 14.2. The molecular weight excluding hydrogens is 619 g/mol. The monoisotopic (exact) mass is 658 g/mol. The van der Waals surface area contributed by atoms with E-state index in [0.29, 0.717) is 0 Å². The number of ether oxygens (including phenoxy) is 3. The second-order valence-corrected chi connectivity index (χ2v) is 14.2. The number of hydrogen-bond donors (Lipinski definition) is 4. The molecule has 2 aromatic carbocycles. The van der Waals surface area contributed by atoms with Crippen LogP contribution in [0.25, 0.3) is 21.9 Å². The number of nitrogens with two attached hydrogens (primary N) is 1. The highest BCUT2D eigenvalue weighted by Gasteiger charge is 2.54. The zero-order chi connectivity index (χ0) is 33.4. The smallest absolute Gasteiger partial charge is 0.459 e. The van der Waals surface area contributed by atoms with Gasteiger partial charge in [-0.2, -0.15) is 15.1 Å². The van der Waals surface area contributed by atoms with Crippen molar-refractivity contribution in [2.75, 3.05) is 26.1 Å². The number of hydrogen-bond acceptors (Lipinski definition) is 13. The number of methoxy groups -OCH3 is 1. The van der Waals surface area contributed by atoms with Gasteiger partial charge in [0.05, 0.1) is 26.7 Å². The quantitative estimate of drug-likeness (QED) is 0.135. The number of aromatic nitrogens is 4. The molecule has 0 aliphatic carbocycles. The number of aliphatic hydroxyl groups is 2. The van der Waals surface area contributed by atoms with Crippen LogP contribution in [0.3, 0.4) is 0 Å². The van der Waals surface area contributed by atoms with Gasteiger partial charge in [0, 0.05) is 0 Å². The number of aliphatic hydroxyl groups excluding tert-OH is 1. The van der Waals surface area contributed by atoms with Crippen LogP contribution in [-0.4, -0.2) is 79.9 Å². The molecule has 0 spiro atoms. The highest BCUT2D eigenvalue weighted by molar-refractivity contribution is 7.52. The molecule has 1 aliphatic rings. The fraction of sp³-hybridized carbons (Fsp3) is 0.467. The highest BCUT2D eigenvalue weighted by Crippen LogP contribution is 2.47. The van der Waals surface area contributed by atoms with Crippen molar-refractivity contribution in [1.29, 1.82) is 0 Å². The van der Waals surface area contributed by atoms with Gasteiger partial charge in [-0.25, -0.2) is 9.55 Å². The lowest BCUT2D eigenvalue weighted by molar-refractivity contribution is -0.148. The number of rotatable bonds is 11. The molecule has 15 nitrogen and oxygen atoms in total. The summed E-state index contributed by atoms with van der Waals surface area (Å²) in [5.41, 5.74) is 4.11. The van der Waals surface area contributed by atoms with Crippen molar-refractivity contribution in [2.45, 2.75) is 64.7 Å². The minimum absolute atomic E-state index is 0.0998. The van der Waals surface area contributed by atoms with Crippen molar-refractivity contribution < 1.29 is 42.8 Å². The predicted molar refractivity (Wildman–Crippen MR) is 168 cm³/mol. The molecule has 248 valence electrons. The van der Waals surface area contributed by atoms with E-state index in [1.165, 1.54) is 31.9 Å². The topological polar surface area (TPSA) is 202 Å². The minimum Gasteiger partial charge on any atom is -0.479 e. The Balaban J connectivity index is 1.38. The van der Waals surface area contributed by atoms with Crippen LogP contribution < -0.4 is 20.1 Å². The van der Waals surface area contributed by atoms with Crippen LogP contribution in [0.1, 0.15) is 40.8 Å². The molecule has 0 saturated carbocycles. The molecule has 2 unspecified atom stereocenters. The largest absolute Gasteiger partial charge is 0.479 e. The minimum atomic E-state index is -4.35. The lowest BCUT2D eigenvalue weighted by Crippen LogP contribution is -2.44. The molecule has 2 aromatic heterocycles. The number of carbonyl (C=O) groups excluding carboxylic acids is 1. The average molecular weight is 659 g/mol. The van der Waals surface area contributed by atoms with Crippen molar-refractivity contribution in [1.82, 2.24) is 24.6 Å². The van der Waals surface area contributed by atoms with Crippen LogP contribution in [0.15, 0.2) is 48.8 Å². The maximum atomic E-state index is 14.2. The Morgan fingerprint density at radius 3 is 2.63 bits per heavy atom. The predicted octanol–water partition coefficient (Wildman–Crippen LogP) is 3.35. The normalized spacial score (nSPS) is 23.7. The van der Waals surface area contributed by atoms with Crippen LogP contribution >= 0.6 is 7.75 Å². The number of esters is 1. The van der Waals surface area contributed by atoms with E-state index in [-0.39, 0.29) is 40.8 Å². The van der Waals surface area contributed by atoms with Gasteiger partial charge in [0.25, 0.3) is 0 Å². The first-order chi connectivity index (χ1) is 21.6. The fourth-order valence-corrected chi connectivity index (χ4v) is 6.42. The molecule has 16 heteroatoms. The van der Waals surface area contributed by atoms with Crippen LogP contribution in [0.2, 0.25) is 0 Å². The van der Waals surface area contributed by atoms with E-state index < -0.39 is 50.4 Å². The number of anilines is 1. The molecular formula is C30H39N6O9P. The molecule has 5 rings (SSSR count). The van der Waals surface area contributed by atoms with E-state index in [0.717, 1.165) is 10.8 Å². The molecule has 46 heavy (non-hydrogen) atoms. The summed E-state index contributed by atoms with van der Waals surface area (Å²) in [6.45, 7) is 8.20. The van der Waals surface area contributed by atoms with Gasteiger partial charge in [-0.1, -0.05) is 51.1 Å². The molecule has 1 saturated heterocycles. The molecule has 0 bridgehead atoms. The van der Waals surface area contributed by atoms with Crippen molar-refractivity contribution in [3.63, 3.8) is 0 Å². The fourth-order valence-electron chi connectivity index (χ4n) is 4.93. The summed E-state index contributed by atoms with van der Waals surface area (Å²) < 4.78 is 44.0. The van der Waals surface area contributed by atoms with Crippen molar-refractivity contribution in [3.8, 4) is 11.6 Å². The van der Waals surface area contributed by atoms with E-state index >= 15 is 0 Å². The van der Waals surface area contributed by atoms with Crippen molar-refractivity contribution in [2.24, 2.45) is 5.41 Å². The van der Waals surface area contributed by atoms with Gasteiger partial charge >= 0.3 is 13.7 Å². The van der Waals surface area contributed by atoms with E-state index in [4.69, 9.17) is 29.0 Å². The van der Waals surface area contributed by atoms with Gasteiger partial charge in [-0.15, -0.1) is 0 Å². The van der Waals surface area contributed by atoms with Gasteiger partial charge in [-0.3, -0.25) is 13.9 Å². The standard InChI is InChI=1S/C30H39N6O9P/c1-17(26(38)42-15-29(2,3)4)35-46(40,45-20-12-11-18-9-7-8-10-19(18)13-20)43-14-21-23(37)30(5,39)27(44-21)36-16-32-22-24(36)33-28(31)34-25(22)41-6/h7-13,16-17,21,23,27,37,39H,14-15H2,1-6H3,(H,35,40)(H2,31,33,34)/t17-,21-,23-,27?,30-,46?/m1/s1. The Labute approximate surface area is 265 Å². The van der Waals surface area contributed by atoms with Gasteiger partial charge < -0.3 is 34.7 Å². The summed E-state index contributed by atoms with van der Waals surface area (Å²) >= 11 is 0. The van der Waals surface area contributed by atoms with E-state index in [1.54, 1.807) is 18.2 Å². The van der Waals surface area contributed by atoms with E-state index in [9.17, 15) is 19.6 Å². The summed E-state index contributed by atoms with van der Waals surface area (Å²) in [4.78, 5) is 25.3. The van der Waals surface area contributed by atoms with Gasteiger partial charge in [0.2, 0.25) is 11.8 Å². The molecule has 0 amide bonds. The summed E-state index contributed by atoms with van der Waals surface area (Å²) in [7, 11) is -2.95. The number of benzene rings is 2. The van der Waals surface area contributed by atoms with Crippen molar-refractivity contribution >= 4 is 41.6 Å². The summed E-state index contributed by atoms with van der Waals surface area (Å²) in [6.07, 6.45) is -2.62. The van der Waals surface area contributed by atoms with Crippen LogP contribution in [0.4, 0.5) is 5.95 Å². The van der Waals surface area contributed by atoms with Crippen LogP contribution in [0, 0.1) is 5.41 Å². The molecule has 1 aliphatic heterocycles. The second-order valence-electron chi connectivity index (χ2n) is 12.5. The maximum Gasteiger partial charge on any atom is 0.459 e. The summed E-state index contributed by atoms with van der Waals surface area (Å²) in [6, 6.07) is 11.5. The molecule has 5 N–H and O–H groups in total. The second kappa shape index (κ2) is 12.7. The van der Waals surface area contributed by atoms with E-state index in [1.807, 2.05) is 45.0 Å². The van der Waals surface area contributed by atoms with Crippen LogP contribution in [0.5, 0.6) is 11.6 Å². The lowest BCUT2D eigenvalue weighted by Gasteiger charge is -2.27. The molecule has 3 heterocycles. The third-order valence-corrected chi connectivity index (χ3v) is 8.96. The summed E-state index contributed by atoms with van der Waals surface area (Å²) in [5.74, 6) is -0.437. The lowest BCUT2D eigenvalue weighted by atomic mass is 9.96. The Bertz CT molecular complexity index is 1770. The zero-order valence-electron chi connectivity index (χ0n) is 26.4. The third kappa shape index (κ3) is 7.09. The molecule has 4 aromatic rings. The first kappa shape index (κ1) is 33.5. The highest BCUT2D eigenvalue weighted by atomic mass is 31.2. The SMILES string of the molecule is COc1nc(N)nc2c1ncn2C1O[C@H](COP(=O)(N[C@H](C)C(=O)OCC(C)(C)C)Oc2ccc3ccccc3c2)[C@@H](O)[C@@]1(C)O. The van der Waals surface area contributed by atoms with E-state index in [2.05, 4.69) is 20.0 Å². The number of fused-ring (bicyclic) bond motifs is 2. The number of nitrogens with one attached hydrogen (secondary N) is 1. The average Bonchev–Trinajstić information content (AvgIpc) is 3.50. The number of imidazole rings is 1. The van der Waals surface area contributed by atoms with Gasteiger partial charge in [0.1, 0.15) is 29.6 Å². The number of nitrogen functional groups attached to an aromatic ring is 1. The Hall–Kier alpha value is -3.85. The first-order valence-corrected chi connectivity index (χ1v) is 16.1.